The molecule has 0 aliphatic rings. The van der Waals surface area contributed by atoms with E-state index >= 15 is 0 Å². The fourth-order valence-corrected chi connectivity index (χ4v) is 3.67. The first kappa shape index (κ1) is 39.1. The first-order chi connectivity index (χ1) is 17.8. The Morgan fingerprint density at radius 3 is 1.23 bits per heavy atom. The molecule has 0 bridgehead atoms. The van der Waals surface area contributed by atoms with E-state index < -0.39 is 95.5 Å². The van der Waals surface area contributed by atoms with Crippen LogP contribution in [-0.4, -0.2) is 105 Å². The van der Waals surface area contributed by atoms with Crippen LogP contribution in [0.4, 0.5) is 26.3 Å². The molecule has 2 atom stereocenters. The lowest BCUT2D eigenvalue weighted by molar-refractivity contribution is -0.772. The second-order valence-corrected chi connectivity index (χ2v) is 13.0. The summed E-state index contributed by atoms with van der Waals surface area (Å²) in [7, 11) is -9.64. The summed E-state index contributed by atoms with van der Waals surface area (Å²) in [5.41, 5.74) is -3.76. The monoisotopic (exact) mass is 647 g/mol. The minimum absolute atomic E-state index is 0.131. The summed E-state index contributed by atoms with van der Waals surface area (Å²) in [5, 5.41) is 8.68. The van der Waals surface area contributed by atoms with Crippen molar-refractivity contribution in [3.63, 3.8) is 0 Å². The number of quaternary nitrogens is 1. The fourth-order valence-electron chi connectivity index (χ4n) is 2.73. The molecule has 40 heavy (non-hydrogen) atoms. The largest absolute Gasteiger partial charge is 0.726 e. The summed E-state index contributed by atoms with van der Waals surface area (Å²) in [6.07, 6.45) is -9.31. The standard InChI is InChI=1S/C19H35F6NO12S2/c1-15(2,6-34-8-17(4,12-38-40(30,31)32)10-36-14-19(23,24)25)5-33-7-16(3,9-35-13-18(20,21)22)11-37-39(28,29)26-27/h26-27H,5-14H2,1-4H3,(H,30,31,32). The fraction of sp³-hybridized carbons (Fsp3) is 1.00. The van der Waals surface area contributed by atoms with Gasteiger partial charge in [0.2, 0.25) is 10.4 Å². The molecule has 0 aromatic rings. The molecule has 0 rings (SSSR count). The summed E-state index contributed by atoms with van der Waals surface area (Å²) < 4.78 is 159. The third-order valence-electron chi connectivity index (χ3n) is 4.57. The highest BCUT2D eigenvalue weighted by Gasteiger charge is 2.35. The van der Waals surface area contributed by atoms with Crippen LogP contribution in [-0.2, 0) is 48.0 Å². The molecule has 3 N–H and O–H groups in total. The average Bonchev–Trinajstić information content (AvgIpc) is 2.74. The molecule has 0 spiro atoms. The number of hydrogen-bond acceptors (Lipinski definition) is 12. The maximum absolute atomic E-state index is 12.5. The summed E-state index contributed by atoms with van der Waals surface area (Å²) in [6.45, 7) is -1.36. The second kappa shape index (κ2) is 15.5. The topological polar surface area (TPSA) is 184 Å². The van der Waals surface area contributed by atoms with Crippen LogP contribution in [0.15, 0.2) is 0 Å². The van der Waals surface area contributed by atoms with Gasteiger partial charge in [0.25, 0.3) is 0 Å². The number of rotatable bonds is 21. The molecule has 0 radical (unpaired) electrons. The van der Waals surface area contributed by atoms with E-state index in [9.17, 15) is 47.7 Å². The third-order valence-corrected chi connectivity index (χ3v) is 5.68. The van der Waals surface area contributed by atoms with Gasteiger partial charge in [0, 0.05) is 16.2 Å². The van der Waals surface area contributed by atoms with Gasteiger partial charge in [-0.3, -0.25) is 4.18 Å². The lowest BCUT2D eigenvalue weighted by atomic mass is 9.92. The molecular formula is C19H35F6NO12S2. The van der Waals surface area contributed by atoms with Crippen molar-refractivity contribution in [3.8, 4) is 0 Å². The third kappa shape index (κ3) is 20.9. The molecule has 13 nitrogen and oxygen atoms in total. The van der Waals surface area contributed by atoms with Crippen molar-refractivity contribution in [2.45, 2.75) is 40.0 Å². The van der Waals surface area contributed by atoms with Crippen LogP contribution in [0.1, 0.15) is 27.7 Å². The zero-order chi connectivity index (χ0) is 31.5. The molecule has 0 fully saturated rings. The molecule has 0 saturated heterocycles. The maximum atomic E-state index is 12.5. The molecule has 0 heterocycles. The molecule has 0 aromatic carbocycles. The van der Waals surface area contributed by atoms with Crippen molar-refractivity contribution in [2.75, 3.05) is 66.1 Å². The van der Waals surface area contributed by atoms with Crippen molar-refractivity contribution < 1.29 is 85.1 Å². The van der Waals surface area contributed by atoms with Crippen molar-refractivity contribution in [1.82, 2.24) is 0 Å². The molecule has 0 aliphatic heterocycles. The van der Waals surface area contributed by atoms with Gasteiger partial charge >= 0.3 is 22.7 Å². The van der Waals surface area contributed by atoms with E-state index in [2.05, 4.69) is 17.8 Å². The number of alkyl halides is 6. The number of halogens is 6. The van der Waals surface area contributed by atoms with E-state index in [1.54, 1.807) is 13.8 Å². The lowest BCUT2D eigenvalue weighted by Crippen LogP contribution is -2.84. The minimum Gasteiger partial charge on any atom is -0.726 e. The molecular weight excluding hydrogens is 612 g/mol. The smallest absolute Gasteiger partial charge is 0.463 e. The molecule has 0 aromatic heterocycles. The Morgan fingerprint density at radius 1 is 0.600 bits per heavy atom. The Kier molecular flexibility index (Phi) is 15.2. The summed E-state index contributed by atoms with van der Waals surface area (Å²) in [5.74, 6) is 0. The van der Waals surface area contributed by atoms with Gasteiger partial charge in [0.15, 0.2) is 0 Å². The molecule has 0 aliphatic carbocycles. The molecule has 242 valence electrons. The van der Waals surface area contributed by atoms with Gasteiger partial charge in [-0.2, -0.15) is 26.3 Å². The van der Waals surface area contributed by atoms with E-state index in [-0.39, 0.29) is 24.7 Å². The van der Waals surface area contributed by atoms with Gasteiger partial charge < -0.3 is 23.5 Å². The summed E-state index contributed by atoms with van der Waals surface area (Å²) in [4.78, 5) is -0.231. The number of hydrogen-bond donors (Lipinski definition) is 2. The Hall–Kier alpha value is -0.880. The Bertz CT molecular complexity index is 962. The van der Waals surface area contributed by atoms with E-state index in [0.29, 0.717) is 0 Å². The van der Waals surface area contributed by atoms with E-state index in [1.165, 1.54) is 13.8 Å². The van der Waals surface area contributed by atoms with Crippen LogP contribution in [0.3, 0.4) is 0 Å². The van der Waals surface area contributed by atoms with Gasteiger partial charge in [-0.15, -0.1) is 8.42 Å². The van der Waals surface area contributed by atoms with E-state index in [0.717, 1.165) is 0 Å². The highest BCUT2D eigenvalue weighted by Crippen LogP contribution is 2.26. The van der Waals surface area contributed by atoms with Crippen LogP contribution < -0.4 is 4.89 Å². The van der Waals surface area contributed by atoms with Crippen LogP contribution in [0.5, 0.6) is 0 Å². The zero-order valence-corrected chi connectivity index (χ0v) is 23.8. The summed E-state index contributed by atoms with van der Waals surface area (Å²) >= 11 is 0. The van der Waals surface area contributed by atoms with Gasteiger partial charge in [-0.1, -0.05) is 32.6 Å². The first-order valence-corrected chi connectivity index (χ1v) is 14.0. The molecule has 2 unspecified atom stereocenters. The molecule has 0 amide bonds. The van der Waals surface area contributed by atoms with Crippen LogP contribution in [0.2, 0.25) is 0 Å². The molecule has 0 saturated carbocycles. The Morgan fingerprint density at radius 2 is 0.925 bits per heavy atom. The molecule has 21 heteroatoms. The first-order valence-electron chi connectivity index (χ1n) is 11.2. The highest BCUT2D eigenvalue weighted by atomic mass is 32.3. The number of nitrogens with two attached hydrogens (primary N) is 1. The van der Waals surface area contributed by atoms with Crippen LogP contribution >= 0.6 is 0 Å². The van der Waals surface area contributed by atoms with Gasteiger partial charge in [0.1, 0.15) is 13.2 Å². The zero-order valence-electron chi connectivity index (χ0n) is 22.2. The van der Waals surface area contributed by atoms with Crippen molar-refractivity contribution in [1.29, 1.82) is 0 Å². The van der Waals surface area contributed by atoms with Gasteiger partial charge in [-0.25, -0.2) is 17.8 Å². The maximum Gasteiger partial charge on any atom is 0.463 e. The Labute approximate surface area is 228 Å². The van der Waals surface area contributed by atoms with Crippen LogP contribution in [0.25, 0.3) is 0 Å². The van der Waals surface area contributed by atoms with Crippen LogP contribution in [0, 0.1) is 16.2 Å². The van der Waals surface area contributed by atoms with Gasteiger partial charge in [0.05, 0.1) is 52.9 Å². The van der Waals surface area contributed by atoms with Crippen molar-refractivity contribution >= 4 is 20.7 Å². The van der Waals surface area contributed by atoms with Crippen molar-refractivity contribution in [3.05, 3.63) is 0 Å². The van der Waals surface area contributed by atoms with Crippen molar-refractivity contribution in [2.24, 2.45) is 16.2 Å². The predicted molar refractivity (Wildman–Crippen MR) is 120 cm³/mol. The normalized spacial score (nSPS) is 17.0. The predicted octanol–water partition coefficient (Wildman–Crippen LogP) is 0.907. The van der Waals surface area contributed by atoms with E-state index in [1.807, 2.05) is 0 Å². The summed E-state index contributed by atoms with van der Waals surface area (Å²) in [6, 6.07) is 0. The second-order valence-electron chi connectivity index (χ2n) is 10.5. The van der Waals surface area contributed by atoms with E-state index in [4.69, 9.17) is 14.7 Å². The van der Waals surface area contributed by atoms with Gasteiger partial charge in [-0.05, 0) is 0 Å². The Balaban J connectivity index is 5.10. The lowest BCUT2D eigenvalue weighted by Gasteiger charge is -2.33. The SMILES string of the molecule is CC(C)(COCC(C)(COCC(F)(F)F)COS(=O)(=O)[O-])COCC(C)(COCC(F)(F)F)COS(=O)(=O)[NH2+]O. The number of ether oxygens (including phenoxy) is 4. The highest BCUT2D eigenvalue weighted by molar-refractivity contribution is 7.80. The quantitative estimate of drug-likeness (QED) is 0.0778. The average molecular weight is 648 g/mol. The minimum atomic E-state index is -5.16.